The molecular weight excluding hydrogens is 846 g/mol. The van der Waals surface area contributed by atoms with Gasteiger partial charge in [-0.15, -0.1) is 10.2 Å². The molecule has 11 rings (SSSR count). The van der Waals surface area contributed by atoms with Crippen LogP contribution in [0.1, 0.15) is 55.4 Å². The van der Waals surface area contributed by atoms with Gasteiger partial charge in [0.1, 0.15) is 17.1 Å². The van der Waals surface area contributed by atoms with Crippen LogP contribution in [-0.4, -0.2) is 63.9 Å². The number of hydrogen-bond acceptors (Lipinski definition) is 9. The first kappa shape index (κ1) is 38.5. The smallest absolute Gasteiger partial charge is 0.360 e. The van der Waals surface area contributed by atoms with Crippen LogP contribution in [-0.2, 0) is 12.8 Å². The lowest BCUT2D eigenvalue weighted by Gasteiger charge is -2.16. The third-order valence-electron chi connectivity index (χ3n) is 11.8. The molecule has 0 aliphatic carbocycles. The van der Waals surface area contributed by atoms with Gasteiger partial charge in [0.2, 0.25) is 34.8 Å². The summed E-state index contributed by atoms with van der Waals surface area (Å²) in [4.78, 5) is 60.2. The fourth-order valence-electron chi connectivity index (χ4n) is 8.75. The van der Waals surface area contributed by atoms with Crippen LogP contribution < -0.4 is 19.4 Å². The standard InChI is InChI=1S/C44H30F5N9O4S/c45-35-36(46)38(48)40(39(49)37(35)47)62-43(61)31-18-25-23-10-14-58(33(23)8-6-28(25)53-31)42(60)30-17-24-22-9-13-57(32(22)7-5-27(24)52-30)41(59)29-16-20-15-21(3-4-26(20)51-29)54-55-34-19-50-44(63-34)56-11-1-2-12-56/h3-8,15-19,51-53H,1-2,9-14H2. The molecule has 0 spiro atoms. The van der Waals surface area contributed by atoms with Gasteiger partial charge < -0.3 is 34.4 Å². The Morgan fingerprint density at radius 1 is 0.635 bits per heavy atom. The molecule has 316 valence electrons. The van der Waals surface area contributed by atoms with Crippen LogP contribution in [0.2, 0.25) is 0 Å². The first-order chi connectivity index (χ1) is 30.5. The Hall–Kier alpha value is -7.41. The molecule has 0 atom stereocenters. The zero-order valence-corrected chi connectivity index (χ0v) is 33.4. The van der Waals surface area contributed by atoms with E-state index in [-0.39, 0.29) is 17.5 Å². The second-order valence-electron chi connectivity index (χ2n) is 15.4. The molecule has 1 fully saturated rings. The second-order valence-corrected chi connectivity index (χ2v) is 16.4. The molecule has 19 heteroatoms. The first-order valence-corrected chi connectivity index (χ1v) is 20.7. The van der Waals surface area contributed by atoms with Crippen molar-refractivity contribution in [2.75, 3.05) is 40.9 Å². The number of ether oxygens (including phenoxy) is 1. The van der Waals surface area contributed by atoms with Crippen LogP contribution in [0.25, 0.3) is 32.7 Å². The second kappa shape index (κ2) is 14.6. The molecule has 0 saturated carbocycles. The van der Waals surface area contributed by atoms with E-state index in [1.807, 2.05) is 30.3 Å². The van der Waals surface area contributed by atoms with Gasteiger partial charge in [-0.25, -0.2) is 22.9 Å². The fourth-order valence-corrected chi connectivity index (χ4v) is 9.54. The summed E-state index contributed by atoms with van der Waals surface area (Å²) >= 11 is 1.51. The molecule has 0 unspecified atom stereocenters. The van der Waals surface area contributed by atoms with Crippen LogP contribution in [0.15, 0.2) is 77.1 Å². The molecule has 2 amide bonds. The lowest BCUT2D eigenvalue weighted by Crippen LogP contribution is -2.29. The van der Waals surface area contributed by atoms with Gasteiger partial charge in [0.15, 0.2) is 10.1 Å². The molecule has 13 nitrogen and oxygen atoms in total. The number of thiazole rings is 1. The van der Waals surface area contributed by atoms with E-state index >= 15 is 0 Å². The van der Waals surface area contributed by atoms with E-state index in [0.717, 1.165) is 69.1 Å². The summed E-state index contributed by atoms with van der Waals surface area (Å²) in [6.45, 7) is 2.73. The van der Waals surface area contributed by atoms with Crippen LogP contribution in [0.3, 0.4) is 0 Å². The Balaban J connectivity index is 0.804. The van der Waals surface area contributed by atoms with Crippen molar-refractivity contribution < 1.29 is 41.1 Å². The summed E-state index contributed by atoms with van der Waals surface area (Å²) in [7, 11) is 0. The minimum absolute atomic E-state index is 0.197. The molecule has 8 aromatic rings. The van der Waals surface area contributed by atoms with Crippen molar-refractivity contribution in [1.29, 1.82) is 0 Å². The van der Waals surface area contributed by atoms with Crippen molar-refractivity contribution in [2.24, 2.45) is 10.2 Å². The monoisotopic (exact) mass is 875 g/mol. The summed E-state index contributed by atoms with van der Waals surface area (Å²) in [6.07, 6.45) is 5.01. The highest BCUT2D eigenvalue weighted by Crippen LogP contribution is 2.40. The SMILES string of the molecule is O=C(Oc1c(F)c(F)c(F)c(F)c1F)c1cc2c3c(ccc2[nH]1)N(C(=O)c1cc2c4c(ccc2[nH]1)N(C(=O)c1cc2cc(N=Nc5cnc(N6CCCC6)s5)ccc2[nH]1)CC4)CC3. The van der Waals surface area contributed by atoms with E-state index in [9.17, 15) is 36.3 Å². The fraction of sp³-hybridized carbons (Fsp3) is 0.182. The molecule has 3 aliphatic heterocycles. The number of nitrogens with zero attached hydrogens (tertiary/aromatic N) is 6. The lowest BCUT2D eigenvalue weighted by molar-refractivity contribution is 0.0710. The number of aromatic amines is 3. The quantitative estimate of drug-likeness (QED) is 0.0362. The number of carbonyl (C=O) groups is 3. The van der Waals surface area contributed by atoms with E-state index in [1.165, 1.54) is 17.4 Å². The number of anilines is 3. The number of esters is 1. The number of fused-ring (bicyclic) bond motifs is 7. The maximum atomic E-state index is 14.2. The number of H-pyrrole nitrogens is 3. The minimum Gasteiger partial charge on any atom is -0.415 e. The Morgan fingerprint density at radius 2 is 1.19 bits per heavy atom. The van der Waals surface area contributed by atoms with Crippen LogP contribution in [0.5, 0.6) is 5.75 Å². The average molecular weight is 876 g/mol. The largest absolute Gasteiger partial charge is 0.415 e. The molecule has 3 aliphatic rings. The van der Waals surface area contributed by atoms with Gasteiger partial charge in [-0.3, -0.25) is 9.59 Å². The summed E-state index contributed by atoms with van der Waals surface area (Å²) in [5.41, 5.74) is 5.93. The number of halogens is 5. The van der Waals surface area contributed by atoms with Crippen molar-refractivity contribution in [1.82, 2.24) is 19.9 Å². The predicted molar refractivity (Wildman–Crippen MR) is 225 cm³/mol. The van der Waals surface area contributed by atoms with E-state index in [1.54, 1.807) is 40.3 Å². The molecule has 4 aromatic heterocycles. The molecular formula is C44H30F5N9O4S. The van der Waals surface area contributed by atoms with Crippen molar-refractivity contribution in [2.45, 2.75) is 25.7 Å². The molecule has 63 heavy (non-hydrogen) atoms. The van der Waals surface area contributed by atoms with Gasteiger partial charge >= 0.3 is 5.97 Å². The number of nitrogens with one attached hydrogen (secondary N) is 3. The van der Waals surface area contributed by atoms with Crippen LogP contribution in [0, 0.1) is 29.1 Å². The van der Waals surface area contributed by atoms with E-state index in [0.29, 0.717) is 65.2 Å². The maximum absolute atomic E-state index is 14.2. The minimum atomic E-state index is -2.38. The number of hydrogen-bond donors (Lipinski definition) is 3. The third-order valence-corrected chi connectivity index (χ3v) is 12.7. The van der Waals surface area contributed by atoms with E-state index in [2.05, 4.69) is 39.8 Å². The predicted octanol–water partition coefficient (Wildman–Crippen LogP) is 9.92. The highest BCUT2D eigenvalue weighted by atomic mass is 32.1. The third kappa shape index (κ3) is 6.32. The molecule has 0 radical (unpaired) electrons. The van der Waals surface area contributed by atoms with Crippen LogP contribution in [0.4, 0.5) is 49.1 Å². The van der Waals surface area contributed by atoms with Crippen molar-refractivity contribution >= 4 is 89.0 Å². The normalized spacial score (nSPS) is 14.9. The number of carbonyl (C=O) groups excluding carboxylic acids is 3. The molecule has 4 aromatic carbocycles. The number of benzene rings is 4. The lowest BCUT2D eigenvalue weighted by atomic mass is 10.1. The summed E-state index contributed by atoms with van der Waals surface area (Å²) in [5.74, 6) is -15.0. The Bertz CT molecular complexity index is 3270. The van der Waals surface area contributed by atoms with Crippen molar-refractivity contribution in [3.63, 3.8) is 0 Å². The van der Waals surface area contributed by atoms with Gasteiger partial charge in [-0.2, -0.15) is 8.78 Å². The first-order valence-electron chi connectivity index (χ1n) is 19.9. The summed E-state index contributed by atoms with van der Waals surface area (Å²) in [5, 5.41) is 12.6. The molecule has 7 heterocycles. The highest BCUT2D eigenvalue weighted by Gasteiger charge is 2.33. The summed E-state index contributed by atoms with van der Waals surface area (Å²) < 4.78 is 74.0. The average Bonchev–Trinajstić information content (AvgIpc) is 4.15. The van der Waals surface area contributed by atoms with Gasteiger partial charge in [-0.05, 0) is 97.5 Å². The zero-order valence-electron chi connectivity index (χ0n) is 32.6. The van der Waals surface area contributed by atoms with Gasteiger partial charge in [0.25, 0.3) is 11.8 Å². The summed E-state index contributed by atoms with van der Waals surface area (Å²) in [6, 6.07) is 17.5. The zero-order chi connectivity index (χ0) is 43.3. The number of azo groups is 1. The number of amides is 2. The highest BCUT2D eigenvalue weighted by molar-refractivity contribution is 7.19. The van der Waals surface area contributed by atoms with Gasteiger partial charge in [0, 0.05) is 70.3 Å². The van der Waals surface area contributed by atoms with Crippen molar-refractivity contribution in [3.05, 3.63) is 124 Å². The Kier molecular flexibility index (Phi) is 8.93. The van der Waals surface area contributed by atoms with Gasteiger partial charge in [0.05, 0.1) is 11.9 Å². The Morgan fingerprint density at radius 3 is 1.84 bits per heavy atom. The van der Waals surface area contributed by atoms with Crippen LogP contribution >= 0.6 is 11.3 Å². The maximum Gasteiger partial charge on any atom is 0.360 e. The van der Waals surface area contributed by atoms with Gasteiger partial charge in [-0.1, -0.05) is 11.3 Å². The Labute approximate surface area is 355 Å². The molecule has 1 saturated heterocycles. The van der Waals surface area contributed by atoms with E-state index < -0.39 is 40.8 Å². The van der Waals surface area contributed by atoms with Crippen molar-refractivity contribution in [3.8, 4) is 5.75 Å². The molecule has 3 N–H and O–H groups in total. The molecule has 0 bridgehead atoms. The van der Waals surface area contributed by atoms with E-state index in [4.69, 9.17) is 0 Å². The topological polar surface area (TPSA) is 155 Å². The number of rotatable bonds is 7. The number of aromatic nitrogens is 4.